The zero-order valence-electron chi connectivity index (χ0n) is 16.4. The Morgan fingerprint density at radius 3 is 2.89 bits per heavy atom. The number of carbonyl (C=O) groups is 1. The Balaban J connectivity index is 1.60. The van der Waals surface area contributed by atoms with Gasteiger partial charge in [0.1, 0.15) is 5.75 Å². The Morgan fingerprint density at radius 1 is 1.33 bits per heavy atom. The van der Waals surface area contributed by atoms with E-state index in [1.165, 1.54) is 0 Å². The number of ether oxygens (including phenoxy) is 1. The number of hydrogen-bond donors (Lipinski definition) is 1. The van der Waals surface area contributed by atoms with Crippen LogP contribution in [0.5, 0.6) is 5.75 Å². The maximum absolute atomic E-state index is 12.6. The minimum Gasteiger partial charge on any atom is -0.497 e. The third-order valence-electron chi connectivity index (χ3n) is 5.16. The van der Waals surface area contributed by atoms with Gasteiger partial charge in [-0.25, -0.2) is 9.97 Å². The van der Waals surface area contributed by atoms with Gasteiger partial charge in [-0.3, -0.25) is 4.79 Å². The van der Waals surface area contributed by atoms with Gasteiger partial charge < -0.3 is 15.0 Å². The third kappa shape index (κ3) is 4.56. The number of hydrogen-bond acceptors (Lipinski definition) is 5. The van der Waals surface area contributed by atoms with E-state index in [9.17, 15) is 4.79 Å². The lowest BCUT2D eigenvalue weighted by atomic mass is 9.86. The van der Waals surface area contributed by atoms with Crippen LogP contribution in [0, 0.1) is 5.92 Å². The van der Waals surface area contributed by atoms with Gasteiger partial charge in [0.15, 0.2) is 0 Å². The Morgan fingerprint density at radius 2 is 2.15 bits per heavy atom. The highest BCUT2D eigenvalue weighted by atomic mass is 16.5. The average molecular weight is 368 g/mol. The average Bonchev–Trinajstić information content (AvgIpc) is 2.72. The van der Waals surface area contributed by atoms with Crippen LogP contribution in [0.4, 0.5) is 5.95 Å². The molecule has 1 aliphatic carbocycles. The van der Waals surface area contributed by atoms with Crippen molar-refractivity contribution in [3.63, 3.8) is 0 Å². The van der Waals surface area contributed by atoms with Crippen molar-refractivity contribution >= 4 is 11.9 Å². The maximum Gasteiger partial charge on any atom is 0.225 e. The molecular formula is C21H28N4O2. The van der Waals surface area contributed by atoms with Crippen LogP contribution in [0.3, 0.4) is 0 Å². The number of methoxy groups -OCH3 is 1. The van der Waals surface area contributed by atoms with E-state index in [1.807, 2.05) is 30.5 Å². The Labute approximate surface area is 161 Å². The number of carbonyl (C=O) groups excluding carboxylic acids is 1. The Kier molecular flexibility index (Phi) is 6.27. The van der Waals surface area contributed by atoms with Crippen LogP contribution in [-0.2, 0) is 24.2 Å². The molecule has 0 bridgehead atoms. The maximum atomic E-state index is 12.6. The van der Waals surface area contributed by atoms with E-state index in [1.54, 1.807) is 7.11 Å². The Bertz CT molecular complexity index is 790. The minimum absolute atomic E-state index is 0.0222. The van der Waals surface area contributed by atoms with Crippen LogP contribution < -0.4 is 15.0 Å². The molecule has 0 fully saturated rings. The van der Waals surface area contributed by atoms with Crippen molar-refractivity contribution in [2.24, 2.45) is 5.92 Å². The number of aryl methyl sites for hydroxylation is 1. The van der Waals surface area contributed by atoms with Crippen molar-refractivity contribution < 1.29 is 9.53 Å². The molecule has 1 N–H and O–H groups in total. The quantitative estimate of drug-likeness (QED) is 0.814. The van der Waals surface area contributed by atoms with Gasteiger partial charge in [-0.2, -0.15) is 0 Å². The molecular weight excluding hydrogens is 340 g/mol. The predicted molar refractivity (Wildman–Crippen MR) is 106 cm³/mol. The number of aromatic nitrogens is 2. The molecule has 3 rings (SSSR count). The summed E-state index contributed by atoms with van der Waals surface area (Å²) >= 11 is 0. The molecule has 0 spiro atoms. The fourth-order valence-corrected chi connectivity index (χ4v) is 3.50. The molecule has 6 nitrogen and oxygen atoms in total. The molecule has 1 aliphatic rings. The van der Waals surface area contributed by atoms with Gasteiger partial charge in [0.2, 0.25) is 11.9 Å². The van der Waals surface area contributed by atoms with Gasteiger partial charge in [0.25, 0.3) is 0 Å². The number of nitrogens with zero attached hydrogens (tertiary/aromatic N) is 3. The zero-order valence-corrected chi connectivity index (χ0v) is 16.4. The summed E-state index contributed by atoms with van der Waals surface area (Å²) < 4.78 is 5.23. The molecule has 1 aromatic carbocycles. The number of anilines is 1. The number of nitrogens with one attached hydrogen (secondary N) is 1. The molecule has 0 unspecified atom stereocenters. The fourth-order valence-electron chi connectivity index (χ4n) is 3.50. The summed E-state index contributed by atoms with van der Waals surface area (Å²) in [6.07, 6.45) is 4.25. The summed E-state index contributed by atoms with van der Waals surface area (Å²) in [5, 5.41) is 3.06. The molecule has 1 atom stereocenters. The topological polar surface area (TPSA) is 67.4 Å². The highest BCUT2D eigenvalue weighted by Gasteiger charge is 2.26. The summed E-state index contributed by atoms with van der Waals surface area (Å²) in [6, 6.07) is 7.76. The summed E-state index contributed by atoms with van der Waals surface area (Å²) in [4.78, 5) is 24.0. The molecule has 0 radical (unpaired) electrons. The van der Waals surface area contributed by atoms with Crippen molar-refractivity contribution in [3.8, 4) is 5.75 Å². The number of fused-ring (bicyclic) bond motifs is 1. The zero-order chi connectivity index (χ0) is 19.2. The minimum atomic E-state index is -0.0222. The van der Waals surface area contributed by atoms with Crippen LogP contribution in [-0.4, -0.2) is 36.1 Å². The second-order valence-electron chi connectivity index (χ2n) is 6.82. The molecule has 0 aliphatic heterocycles. The molecule has 6 heteroatoms. The van der Waals surface area contributed by atoms with Crippen molar-refractivity contribution in [2.75, 3.05) is 25.1 Å². The second-order valence-corrected chi connectivity index (χ2v) is 6.82. The molecule has 0 saturated heterocycles. The van der Waals surface area contributed by atoms with Gasteiger partial charge in [-0.05, 0) is 56.4 Å². The lowest BCUT2D eigenvalue weighted by Gasteiger charge is -2.25. The molecule has 0 saturated carbocycles. The fraction of sp³-hybridized carbons (Fsp3) is 0.476. The first-order valence-electron chi connectivity index (χ1n) is 9.65. The predicted octanol–water partition coefficient (Wildman–Crippen LogP) is 2.75. The van der Waals surface area contributed by atoms with Crippen LogP contribution in [0.25, 0.3) is 0 Å². The first-order chi connectivity index (χ1) is 13.1. The van der Waals surface area contributed by atoms with Crippen LogP contribution in [0.2, 0.25) is 0 Å². The van der Waals surface area contributed by atoms with Gasteiger partial charge in [-0.15, -0.1) is 0 Å². The molecule has 1 heterocycles. The summed E-state index contributed by atoms with van der Waals surface area (Å²) in [6.45, 7) is 6.51. The monoisotopic (exact) mass is 368 g/mol. The van der Waals surface area contributed by atoms with Crippen LogP contribution >= 0.6 is 0 Å². The number of benzene rings is 1. The van der Waals surface area contributed by atoms with Gasteiger partial charge in [0.05, 0.1) is 7.11 Å². The molecule has 144 valence electrons. The molecule has 27 heavy (non-hydrogen) atoms. The molecule has 1 amide bonds. The highest BCUT2D eigenvalue weighted by Crippen LogP contribution is 2.25. The van der Waals surface area contributed by atoms with E-state index in [0.717, 1.165) is 54.4 Å². The second kappa shape index (κ2) is 8.84. The first kappa shape index (κ1) is 19.1. The normalized spacial score (nSPS) is 15.7. The lowest BCUT2D eigenvalue weighted by Crippen LogP contribution is -2.34. The van der Waals surface area contributed by atoms with E-state index < -0.39 is 0 Å². The van der Waals surface area contributed by atoms with Crippen molar-refractivity contribution in [1.29, 1.82) is 0 Å². The van der Waals surface area contributed by atoms with Crippen LogP contribution in [0.1, 0.15) is 37.1 Å². The van der Waals surface area contributed by atoms with Gasteiger partial charge >= 0.3 is 0 Å². The standard InChI is InChI=1S/C21H28N4O2/c1-4-25(5-2)21-23-14-17-12-16(9-10-19(17)24-21)20(26)22-13-15-7-6-8-18(11-15)27-3/h6-8,11,14,16H,4-5,9-10,12-13H2,1-3H3,(H,22,26)/t16-/m1/s1. The van der Waals surface area contributed by atoms with E-state index in [-0.39, 0.29) is 11.8 Å². The molecule has 2 aromatic rings. The molecule has 1 aromatic heterocycles. The third-order valence-corrected chi connectivity index (χ3v) is 5.16. The first-order valence-corrected chi connectivity index (χ1v) is 9.65. The van der Waals surface area contributed by atoms with Crippen molar-refractivity contribution in [3.05, 3.63) is 47.3 Å². The van der Waals surface area contributed by atoms with Gasteiger partial charge in [-0.1, -0.05) is 12.1 Å². The lowest BCUT2D eigenvalue weighted by molar-refractivity contribution is -0.125. The SMILES string of the molecule is CCN(CC)c1ncc2c(n1)CC[C@@H](C(=O)NCc1cccc(OC)c1)C2. The van der Waals surface area contributed by atoms with E-state index >= 15 is 0 Å². The summed E-state index contributed by atoms with van der Waals surface area (Å²) in [7, 11) is 1.64. The Hall–Kier alpha value is -2.63. The van der Waals surface area contributed by atoms with Crippen molar-refractivity contribution in [2.45, 2.75) is 39.7 Å². The summed E-state index contributed by atoms with van der Waals surface area (Å²) in [5.74, 6) is 1.66. The summed E-state index contributed by atoms with van der Waals surface area (Å²) in [5.41, 5.74) is 3.22. The van der Waals surface area contributed by atoms with Crippen LogP contribution in [0.15, 0.2) is 30.5 Å². The van der Waals surface area contributed by atoms with E-state index in [4.69, 9.17) is 9.72 Å². The highest BCUT2D eigenvalue weighted by molar-refractivity contribution is 5.79. The van der Waals surface area contributed by atoms with Gasteiger partial charge in [0, 0.05) is 37.4 Å². The van der Waals surface area contributed by atoms with E-state index in [0.29, 0.717) is 13.0 Å². The largest absolute Gasteiger partial charge is 0.497 e. The number of amides is 1. The van der Waals surface area contributed by atoms with Crippen molar-refractivity contribution in [1.82, 2.24) is 15.3 Å². The smallest absolute Gasteiger partial charge is 0.225 e. The number of rotatable bonds is 7. The van der Waals surface area contributed by atoms with E-state index in [2.05, 4.69) is 29.0 Å².